The number of aromatic hydroxyl groups is 1. The zero-order valence-electron chi connectivity index (χ0n) is 13.6. The minimum absolute atomic E-state index is 0.0455. The van der Waals surface area contributed by atoms with Gasteiger partial charge in [0.25, 0.3) is 11.8 Å². The first-order valence-corrected chi connectivity index (χ1v) is 8.86. The number of carbonyl (C=O) groups is 2. The number of carbonyl (C=O) groups excluding carboxylic acids is 2. The quantitative estimate of drug-likeness (QED) is 0.931. The summed E-state index contributed by atoms with van der Waals surface area (Å²) in [5.41, 5.74) is 0.473. The number of phenols is 1. The number of piperazine rings is 1. The Balaban J connectivity index is 1.61. The SMILES string of the molecule is CCc1ccc(C(=O)N2CCN(C(=O)c3cccc(O)c3)CC2)s1. The van der Waals surface area contributed by atoms with Crippen molar-refractivity contribution in [3.05, 3.63) is 51.7 Å². The molecule has 1 saturated heterocycles. The molecule has 3 rings (SSSR count). The standard InChI is InChI=1S/C18H20N2O3S/c1-2-15-6-7-16(24-15)18(23)20-10-8-19(9-11-20)17(22)13-4-3-5-14(21)12-13/h3-7,12,21H,2,8-11H2,1H3. The molecule has 126 valence electrons. The van der Waals surface area contributed by atoms with Crippen LogP contribution in [-0.4, -0.2) is 52.9 Å². The monoisotopic (exact) mass is 344 g/mol. The van der Waals surface area contributed by atoms with Crippen molar-refractivity contribution >= 4 is 23.2 Å². The van der Waals surface area contributed by atoms with Gasteiger partial charge >= 0.3 is 0 Å². The first-order chi connectivity index (χ1) is 11.6. The maximum atomic E-state index is 12.5. The molecular formula is C18H20N2O3S. The summed E-state index contributed by atoms with van der Waals surface area (Å²) in [7, 11) is 0. The summed E-state index contributed by atoms with van der Waals surface area (Å²) in [6, 6.07) is 10.2. The van der Waals surface area contributed by atoms with Crippen LogP contribution in [0.1, 0.15) is 31.8 Å². The first-order valence-electron chi connectivity index (χ1n) is 8.04. The fraction of sp³-hybridized carbons (Fsp3) is 0.333. The molecule has 2 amide bonds. The number of rotatable bonds is 3. The van der Waals surface area contributed by atoms with Gasteiger partial charge < -0.3 is 14.9 Å². The zero-order chi connectivity index (χ0) is 17.1. The molecule has 0 aliphatic carbocycles. The summed E-state index contributed by atoms with van der Waals surface area (Å²) in [5.74, 6) is 0.0191. The number of benzene rings is 1. The Kier molecular flexibility index (Phi) is 4.85. The Hall–Kier alpha value is -2.34. The van der Waals surface area contributed by atoms with Crippen LogP contribution in [0.3, 0.4) is 0 Å². The second-order valence-electron chi connectivity index (χ2n) is 5.75. The topological polar surface area (TPSA) is 60.9 Å². The van der Waals surface area contributed by atoms with E-state index in [4.69, 9.17) is 0 Å². The molecule has 0 saturated carbocycles. The van der Waals surface area contributed by atoms with E-state index in [1.165, 1.54) is 10.9 Å². The van der Waals surface area contributed by atoms with Crippen molar-refractivity contribution in [1.29, 1.82) is 0 Å². The van der Waals surface area contributed by atoms with Gasteiger partial charge in [0.05, 0.1) is 4.88 Å². The number of nitrogens with zero attached hydrogens (tertiary/aromatic N) is 2. The molecular weight excluding hydrogens is 324 g/mol. The van der Waals surface area contributed by atoms with E-state index in [1.807, 2.05) is 12.1 Å². The summed E-state index contributed by atoms with van der Waals surface area (Å²) >= 11 is 1.54. The van der Waals surface area contributed by atoms with Crippen LogP contribution >= 0.6 is 11.3 Å². The van der Waals surface area contributed by atoms with Crippen LogP contribution in [0.15, 0.2) is 36.4 Å². The van der Waals surface area contributed by atoms with Crippen LogP contribution in [0.2, 0.25) is 0 Å². The highest BCUT2D eigenvalue weighted by Gasteiger charge is 2.26. The smallest absolute Gasteiger partial charge is 0.264 e. The van der Waals surface area contributed by atoms with Crippen LogP contribution in [0.5, 0.6) is 5.75 Å². The lowest BCUT2D eigenvalue weighted by Gasteiger charge is -2.34. The Morgan fingerprint density at radius 3 is 2.29 bits per heavy atom. The highest BCUT2D eigenvalue weighted by molar-refractivity contribution is 7.14. The van der Waals surface area contributed by atoms with Crippen LogP contribution in [0.25, 0.3) is 0 Å². The zero-order valence-corrected chi connectivity index (χ0v) is 14.4. The Morgan fingerprint density at radius 2 is 1.71 bits per heavy atom. The van der Waals surface area contributed by atoms with Gasteiger partial charge in [-0.3, -0.25) is 9.59 Å². The number of hydrogen-bond donors (Lipinski definition) is 1. The van der Waals surface area contributed by atoms with Crippen molar-refractivity contribution in [2.75, 3.05) is 26.2 Å². The van der Waals surface area contributed by atoms with E-state index in [2.05, 4.69) is 6.92 Å². The average molecular weight is 344 g/mol. The van der Waals surface area contributed by atoms with E-state index in [1.54, 1.807) is 39.3 Å². The molecule has 1 aromatic heterocycles. The minimum atomic E-state index is -0.109. The van der Waals surface area contributed by atoms with Gasteiger partial charge in [-0.2, -0.15) is 0 Å². The molecule has 0 radical (unpaired) electrons. The van der Waals surface area contributed by atoms with Gasteiger partial charge in [-0.1, -0.05) is 13.0 Å². The van der Waals surface area contributed by atoms with Gasteiger partial charge in [-0.25, -0.2) is 0 Å². The average Bonchev–Trinajstić information content (AvgIpc) is 3.10. The van der Waals surface area contributed by atoms with Crippen LogP contribution in [0, 0.1) is 0 Å². The lowest BCUT2D eigenvalue weighted by atomic mass is 10.1. The Morgan fingerprint density at radius 1 is 1.04 bits per heavy atom. The second-order valence-corrected chi connectivity index (χ2v) is 6.92. The molecule has 6 heteroatoms. The molecule has 1 N–H and O–H groups in total. The third kappa shape index (κ3) is 3.43. The van der Waals surface area contributed by atoms with Crippen molar-refractivity contribution in [2.24, 2.45) is 0 Å². The van der Waals surface area contributed by atoms with Crippen molar-refractivity contribution < 1.29 is 14.7 Å². The number of aryl methyl sites for hydroxylation is 1. The molecule has 0 unspecified atom stereocenters. The van der Waals surface area contributed by atoms with Gasteiger partial charge in [0.15, 0.2) is 0 Å². The van der Waals surface area contributed by atoms with Crippen LogP contribution in [-0.2, 0) is 6.42 Å². The van der Waals surface area contributed by atoms with Gasteiger partial charge in [-0.05, 0) is 36.8 Å². The molecule has 2 heterocycles. The lowest BCUT2D eigenvalue weighted by Crippen LogP contribution is -2.50. The van der Waals surface area contributed by atoms with E-state index < -0.39 is 0 Å². The van der Waals surface area contributed by atoms with Crippen molar-refractivity contribution in [2.45, 2.75) is 13.3 Å². The highest BCUT2D eigenvalue weighted by atomic mass is 32.1. The summed E-state index contributed by atoms with van der Waals surface area (Å²) in [5, 5.41) is 9.50. The maximum Gasteiger partial charge on any atom is 0.264 e. The third-order valence-electron chi connectivity index (χ3n) is 4.17. The number of hydrogen-bond acceptors (Lipinski definition) is 4. The third-order valence-corrected chi connectivity index (χ3v) is 5.39. The normalized spacial score (nSPS) is 14.7. The van der Waals surface area contributed by atoms with E-state index >= 15 is 0 Å². The molecule has 24 heavy (non-hydrogen) atoms. The minimum Gasteiger partial charge on any atom is -0.508 e. The largest absolute Gasteiger partial charge is 0.508 e. The Bertz CT molecular complexity index is 748. The van der Waals surface area contributed by atoms with Crippen LogP contribution in [0.4, 0.5) is 0 Å². The van der Waals surface area contributed by atoms with E-state index in [0.717, 1.165) is 11.3 Å². The summed E-state index contributed by atoms with van der Waals surface area (Å²) in [4.78, 5) is 30.5. The lowest BCUT2D eigenvalue weighted by molar-refractivity contribution is 0.0538. The van der Waals surface area contributed by atoms with Crippen molar-refractivity contribution in [3.63, 3.8) is 0 Å². The van der Waals surface area contributed by atoms with Crippen molar-refractivity contribution in [3.8, 4) is 5.75 Å². The van der Waals surface area contributed by atoms with E-state index in [0.29, 0.717) is 31.7 Å². The predicted octanol–water partition coefficient (Wildman–Crippen LogP) is 2.61. The van der Waals surface area contributed by atoms with Gasteiger partial charge in [0.2, 0.25) is 0 Å². The van der Waals surface area contributed by atoms with Gasteiger partial charge in [-0.15, -0.1) is 11.3 Å². The van der Waals surface area contributed by atoms with Crippen LogP contribution < -0.4 is 0 Å². The van der Waals surface area contributed by atoms with E-state index in [9.17, 15) is 14.7 Å². The summed E-state index contributed by atoms with van der Waals surface area (Å²) < 4.78 is 0. The fourth-order valence-electron chi connectivity index (χ4n) is 2.77. The molecule has 2 aromatic rings. The molecule has 1 aromatic carbocycles. The highest BCUT2D eigenvalue weighted by Crippen LogP contribution is 2.20. The number of amides is 2. The van der Waals surface area contributed by atoms with Gasteiger partial charge in [0.1, 0.15) is 5.75 Å². The molecule has 1 fully saturated rings. The second kappa shape index (κ2) is 7.05. The fourth-order valence-corrected chi connectivity index (χ4v) is 3.69. The molecule has 1 aliphatic heterocycles. The van der Waals surface area contributed by atoms with Gasteiger partial charge in [0, 0.05) is 36.6 Å². The molecule has 0 bridgehead atoms. The van der Waals surface area contributed by atoms with Crippen molar-refractivity contribution in [1.82, 2.24) is 9.80 Å². The maximum absolute atomic E-state index is 12.5. The Labute approximate surface area is 145 Å². The summed E-state index contributed by atoms with van der Waals surface area (Å²) in [6.07, 6.45) is 0.935. The molecule has 0 spiro atoms. The summed E-state index contributed by atoms with van der Waals surface area (Å²) in [6.45, 7) is 4.15. The first kappa shape index (κ1) is 16.5. The predicted molar refractivity (Wildman–Crippen MR) is 93.6 cm³/mol. The number of thiophene rings is 1. The number of phenolic OH excluding ortho intramolecular Hbond substituents is 1. The van der Waals surface area contributed by atoms with E-state index in [-0.39, 0.29) is 17.6 Å². The molecule has 0 atom stereocenters. The molecule has 1 aliphatic rings. The molecule has 5 nitrogen and oxygen atoms in total.